The minimum atomic E-state index is -0.997. The van der Waals surface area contributed by atoms with Gasteiger partial charge in [0.05, 0.1) is 6.61 Å². The number of hydrogen-bond acceptors (Lipinski definition) is 8. The minimum absolute atomic E-state index is 0.0136. The maximum absolute atomic E-state index is 13.3. The number of carbonyl (C=O) groups excluding carboxylic acids is 4. The SMILES string of the molecule is CCOC(=O)N1CCN(C(=O)[C@H](CCC(=O)OC(C)(C)C)NC(=O)c2cc(C)nc(Cl)n2)CC1. The molecule has 1 fully saturated rings. The van der Waals surface area contributed by atoms with E-state index in [0.29, 0.717) is 18.8 Å². The lowest BCUT2D eigenvalue weighted by atomic mass is 10.1. The summed E-state index contributed by atoms with van der Waals surface area (Å²) in [7, 11) is 0. The van der Waals surface area contributed by atoms with E-state index in [1.54, 1.807) is 39.5 Å². The third kappa shape index (κ3) is 8.44. The Morgan fingerprint density at radius 1 is 1.12 bits per heavy atom. The van der Waals surface area contributed by atoms with Crippen molar-refractivity contribution in [1.29, 1.82) is 0 Å². The summed E-state index contributed by atoms with van der Waals surface area (Å²) in [5.41, 5.74) is -0.157. The van der Waals surface area contributed by atoms with Crippen molar-refractivity contribution in [3.63, 3.8) is 0 Å². The van der Waals surface area contributed by atoms with Gasteiger partial charge < -0.3 is 24.6 Å². The third-order valence-electron chi connectivity index (χ3n) is 4.84. The number of aryl methyl sites for hydroxylation is 1. The molecule has 1 N–H and O–H groups in total. The van der Waals surface area contributed by atoms with Crippen LogP contribution in [-0.4, -0.2) is 88.1 Å². The molecule has 2 rings (SSSR count). The second-order valence-corrected chi connectivity index (χ2v) is 9.16. The molecule has 0 aliphatic carbocycles. The second-order valence-electron chi connectivity index (χ2n) is 8.83. The van der Waals surface area contributed by atoms with Gasteiger partial charge in [0.1, 0.15) is 17.3 Å². The molecule has 1 aliphatic rings. The molecule has 0 radical (unpaired) electrons. The summed E-state index contributed by atoms with van der Waals surface area (Å²) in [6.45, 7) is 10.1. The number of hydrogen-bond donors (Lipinski definition) is 1. The van der Waals surface area contributed by atoms with Crippen LogP contribution in [0.25, 0.3) is 0 Å². The van der Waals surface area contributed by atoms with E-state index in [-0.39, 0.29) is 49.4 Å². The van der Waals surface area contributed by atoms with Gasteiger partial charge in [-0.15, -0.1) is 0 Å². The summed E-state index contributed by atoms with van der Waals surface area (Å²) in [6, 6.07) is 0.456. The van der Waals surface area contributed by atoms with Crippen LogP contribution >= 0.6 is 11.6 Å². The highest BCUT2D eigenvalue weighted by Crippen LogP contribution is 2.14. The van der Waals surface area contributed by atoms with Crippen LogP contribution in [0, 0.1) is 6.92 Å². The normalized spacial score (nSPS) is 14.9. The summed E-state index contributed by atoms with van der Waals surface area (Å²) in [5.74, 6) is -1.45. The smallest absolute Gasteiger partial charge is 0.409 e. The molecule has 1 saturated heterocycles. The number of esters is 1. The molecule has 0 saturated carbocycles. The Kier molecular flexibility index (Phi) is 9.60. The molecule has 1 aromatic heterocycles. The molecule has 0 unspecified atom stereocenters. The second kappa shape index (κ2) is 12.0. The number of rotatable bonds is 7. The predicted octanol–water partition coefficient (Wildman–Crippen LogP) is 1.96. The van der Waals surface area contributed by atoms with Crippen molar-refractivity contribution in [3.05, 3.63) is 22.7 Å². The van der Waals surface area contributed by atoms with Crippen LogP contribution in [0.4, 0.5) is 4.79 Å². The van der Waals surface area contributed by atoms with Gasteiger partial charge in [-0.25, -0.2) is 14.8 Å². The summed E-state index contributed by atoms with van der Waals surface area (Å²) >= 11 is 5.86. The first-order valence-electron chi connectivity index (χ1n) is 11.1. The summed E-state index contributed by atoms with van der Waals surface area (Å²) in [5, 5.41) is 2.58. The van der Waals surface area contributed by atoms with E-state index >= 15 is 0 Å². The van der Waals surface area contributed by atoms with Gasteiger partial charge in [0, 0.05) is 38.3 Å². The molecule has 2 heterocycles. The number of ether oxygens (including phenoxy) is 2. The molecule has 12 heteroatoms. The molecule has 11 nitrogen and oxygen atoms in total. The van der Waals surface area contributed by atoms with Crippen LogP contribution < -0.4 is 5.32 Å². The molecule has 34 heavy (non-hydrogen) atoms. The first-order valence-corrected chi connectivity index (χ1v) is 11.5. The lowest BCUT2D eigenvalue weighted by Crippen LogP contribution is -2.56. The van der Waals surface area contributed by atoms with Crippen LogP contribution in [0.1, 0.15) is 56.7 Å². The van der Waals surface area contributed by atoms with Crippen molar-refractivity contribution in [1.82, 2.24) is 25.1 Å². The Bertz CT molecular complexity index is 891. The van der Waals surface area contributed by atoms with E-state index in [9.17, 15) is 19.2 Å². The molecule has 188 valence electrons. The molecular weight excluding hydrogens is 466 g/mol. The Balaban J connectivity index is 2.11. The number of nitrogens with one attached hydrogen (secondary N) is 1. The fraction of sp³-hybridized carbons (Fsp3) is 0.636. The Labute approximate surface area is 204 Å². The highest BCUT2D eigenvalue weighted by molar-refractivity contribution is 6.28. The van der Waals surface area contributed by atoms with Gasteiger partial charge in [-0.3, -0.25) is 14.4 Å². The van der Waals surface area contributed by atoms with Crippen LogP contribution in [0.5, 0.6) is 0 Å². The first kappa shape index (κ1) is 27.3. The average Bonchev–Trinajstić information content (AvgIpc) is 2.74. The van der Waals surface area contributed by atoms with E-state index in [0.717, 1.165) is 0 Å². The number of carbonyl (C=O) groups is 4. The third-order valence-corrected chi connectivity index (χ3v) is 5.01. The van der Waals surface area contributed by atoms with Crippen LogP contribution in [0.3, 0.4) is 0 Å². The Morgan fingerprint density at radius 2 is 1.74 bits per heavy atom. The Morgan fingerprint density at radius 3 is 2.29 bits per heavy atom. The molecule has 0 spiro atoms. The van der Waals surface area contributed by atoms with Gasteiger partial charge in [-0.2, -0.15) is 0 Å². The van der Waals surface area contributed by atoms with Crippen molar-refractivity contribution in [3.8, 4) is 0 Å². The van der Waals surface area contributed by atoms with E-state index in [2.05, 4.69) is 15.3 Å². The highest BCUT2D eigenvalue weighted by atomic mass is 35.5. The van der Waals surface area contributed by atoms with Crippen LogP contribution in [0.15, 0.2) is 6.07 Å². The number of amides is 3. The maximum atomic E-state index is 13.3. The van der Waals surface area contributed by atoms with E-state index < -0.39 is 29.6 Å². The molecule has 0 aromatic carbocycles. The van der Waals surface area contributed by atoms with Gasteiger partial charge in [0.15, 0.2) is 0 Å². The van der Waals surface area contributed by atoms with E-state index in [1.807, 2.05) is 0 Å². The van der Waals surface area contributed by atoms with E-state index in [1.165, 1.54) is 11.0 Å². The lowest BCUT2D eigenvalue weighted by molar-refractivity contribution is -0.155. The number of halogens is 1. The van der Waals surface area contributed by atoms with Crippen molar-refractivity contribution in [2.24, 2.45) is 0 Å². The average molecular weight is 498 g/mol. The quantitative estimate of drug-likeness (QED) is 0.446. The summed E-state index contributed by atoms with van der Waals surface area (Å²) in [4.78, 5) is 61.2. The maximum Gasteiger partial charge on any atom is 0.409 e. The lowest BCUT2D eigenvalue weighted by Gasteiger charge is -2.36. The number of piperazine rings is 1. The number of nitrogens with zero attached hydrogens (tertiary/aromatic N) is 4. The zero-order valence-corrected chi connectivity index (χ0v) is 21.0. The van der Waals surface area contributed by atoms with Gasteiger partial charge in [-0.1, -0.05) is 0 Å². The van der Waals surface area contributed by atoms with Gasteiger partial charge in [-0.05, 0) is 58.7 Å². The monoisotopic (exact) mass is 497 g/mol. The van der Waals surface area contributed by atoms with Crippen LogP contribution in [-0.2, 0) is 19.1 Å². The van der Waals surface area contributed by atoms with Crippen molar-refractivity contribution >= 4 is 35.5 Å². The molecular formula is C22H32ClN5O6. The topological polar surface area (TPSA) is 131 Å². The van der Waals surface area contributed by atoms with E-state index in [4.69, 9.17) is 21.1 Å². The molecule has 1 aromatic rings. The van der Waals surface area contributed by atoms with Crippen molar-refractivity contribution in [2.45, 2.75) is 59.1 Å². The Hall–Kier alpha value is -2.95. The van der Waals surface area contributed by atoms with Gasteiger partial charge in [0.2, 0.25) is 11.2 Å². The van der Waals surface area contributed by atoms with Crippen molar-refractivity contribution in [2.75, 3.05) is 32.8 Å². The zero-order valence-electron chi connectivity index (χ0n) is 20.2. The fourth-order valence-electron chi connectivity index (χ4n) is 3.34. The molecule has 0 bridgehead atoms. The van der Waals surface area contributed by atoms with Crippen LogP contribution in [0.2, 0.25) is 5.28 Å². The standard InChI is InChI=1S/C22H32ClN5O6/c1-6-33-21(32)28-11-9-27(10-12-28)19(31)15(7-8-17(29)34-22(3,4)5)25-18(30)16-13-14(2)24-20(23)26-16/h13,15H,6-12H2,1-5H3,(H,25,30)/t15-/m0/s1. The minimum Gasteiger partial charge on any atom is -0.460 e. The number of aromatic nitrogens is 2. The zero-order chi connectivity index (χ0) is 25.5. The molecule has 1 aliphatic heterocycles. The fourth-order valence-corrected chi connectivity index (χ4v) is 3.56. The molecule has 1 atom stereocenters. The van der Waals surface area contributed by atoms with Crippen molar-refractivity contribution < 1.29 is 28.7 Å². The van der Waals surface area contributed by atoms with Gasteiger partial charge >= 0.3 is 12.1 Å². The summed E-state index contributed by atoms with van der Waals surface area (Å²) < 4.78 is 10.3. The largest absolute Gasteiger partial charge is 0.460 e. The molecule has 3 amide bonds. The van der Waals surface area contributed by atoms with Gasteiger partial charge in [0.25, 0.3) is 5.91 Å². The highest BCUT2D eigenvalue weighted by Gasteiger charge is 2.31. The predicted molar refractivity (Wildman–Crippen MR) is 123 cm³/mol. The first-order chi connectivity index (χ1) is 15.9. The summed E-state index contributed by atoms with van der Waals surface area (Å²) in [6.07, 6.45) is -0.462.